The highest BCUT2D eigenvalue weighted by molar-refractivity contribution is 5.18. The summed E-state index contributed by atoms with van der Waals surface area (Å²) in [5.41, 5.74) is 7.55. The molecule has 0 bridgehead atoms. The van der Waals surface area contributed by atoms with Crippen molar-refractivity contribution < 1.29 is 0 Å². The SMILES string of the molecule is CCN(CCCC(N)c1ccccc1)C1CCCCC1. The Hall–Kier alpha value is -0.860. The summed E-state index contributed by atoms with van der Waals surface area (Å²) >= 11 is 0. The molecule has 0 amide bonds. The smallest absolute Gasteiger partial charge is 0.0295 e. The van der Waals surface area contributed by atoms with Gasteiger partial charge in [-0.05, 0) is 44.3 Å². The number of nitrogens with zero attached hydrogens (tertiary/aromatic N) is 1. The van der Waals surface area contributed by atoms with Crippen LogP contribution in [-0.4, -0.2) is 24.0 Å². The van der Waals surface area contributed by atoms with Crippen molar-refractivity contribution in [2.24, 2.45) is 5.73 Å². The summed E-state index contributed by atoms with van der Waals surface area (Å²) in [5, 5.41) is 0. The zero-order valence-corrected chi connectivity index (χ0v) is 12.9. The molecule has 0 radical (unpaired) electrons. The van der Waals surface area contributed by atoms with Gasteiger partial charge in [0.05, 0.1) is 0 Å². The second kappa shape index (κ2) is 8.43. The monoisotopic (exact) mass is 274 g/mol. The molecule has 2 rings (SSSR count). The van der Waals surface area contributed by atoms with Gasteiger partial charge in [-0.1, -0.05) is 56.5 Å². The van der Waals surface area contributed by atoms with Crippen molar-refractivity contribution in [3.05, 3.63) is 35.9 Å². The first-order valence-electron chi connectivity index (χ1n) is 8.36. The number of rotatable bonds is 7. The van der Waals surface area contributed by atoms with Gasteiger partial charge in [0, 0.05) is 12.1 Å². The predicted octanol–water partition coefficient (Wildman–Crippen LogP) is 4.12. The molecule has 2 heteroatoms. The highest BCUT2D eigenvalue weighted by Crippen LogP contribution is 2.23. The van der Waals surface area contributed by atoms with E-state index in [9.17, 15) is 0 Å². The fourth-order valence-electron chi connectivity index (χ4n) is 3.43. The molecule has 1 unspecified atom stereocenters. The minimum Gasteiger partial charge on any atom is -0.324 e. The molecule has 0 heterocycles. The Morgan fingerprint density at radius 3 is 2.50 bits per heavy atom. The van der Waals surface area contributed by atoms with Gasteiger partial charge in [0.25, 0.3) is 0 Å². The molecule has 1 aliphatic rings. The van der Waals surface area contributed by atoms with E-state index in [0.29, 0.717) is 0 Å². The lowest BCUT2D eigenvalue weighted by atomic mass is 9.94. The molecule has 112 valence electrons. The van der Waals surface area contributed by atoms with E-state index in [1.165, 1.54) is 57.2 Å². The van der Waals surface area contributed by atoms with Crippen LogP contribution in [0.1, 0.15) is 63.5 Å². The van der Waals surface area contributed by atoms with E-state index >= 15 is 0 Å². The lowest BCUT2D eigenvalue weighted by Gasteiger charge is -2.33. The first-order valence-corrected chi connectivity index (χ1v) is 8.36. The van der Waals surface area contributed by atoms with Gasteiger partial charge >= 0.3 is 0 Å². The Bertz CT molecular complexity index is 357. The summed E-state index contributed by atoms with van der Waals surface area (Å²) < 4.78 is 0. The predicted molar refractivity (Wildman–Crippen MR) is 86.7 cm³/mol. The summed E-state index contributed by atoms with van der Waals surface area (Å²) in [7, 11) is 0. The normalized spacial score (nSPS) is 18.4. The molecule has 2 N–H and O–H groups in total. The quantitative estimate of drug-likeness (QED) is 0.810. The third-order valence-corrected chi connectivity index (χ3v) is 4.69. The van der Waals surface area contributed by atoms with E-state index in [1.807, 2.05) is 0 Å². The van der Waals surface area contributed by atoms with Gasteiger partial charge < -0.3 is 10.6 Å². The molecule has 2 nitrogen and oxygen atoms in total. The van der Waals surface area contributed by atoms with Gasteiger partial charge in [0.15, 0.2) is 0 Å². The van der Waals surface area contributed by atoms with E-state index in [4.69, 9.17) is 5.73 Å². The zero-order chi connectivity index (χ0) is 14.2. The van der Waals surface area contributed by atoms with E-state index in [0.717, 1.165) is 12.5 Å². The van der Waals surface area contributed by atoms with Gasteiger partial charge in [-0.25, -0.2) is 0 Å². The Kier molecular flexibility index (Phi) is 6.55. The first kappa shape index (κ1) is 15.5. The zero-order valence-electron chi connectivity index (χ0n) is 12.9. The molecule has 1 aromatic rings. The summed E-state index contributed by atoms with van der Waals surface area (Å²) in [6.07, 6.45) is 9.38. The van der Waals surface area contributed by atoms with Crippen molar-refractivity contribution in [3.8, 4) is 0 Å². The average molecular weight is 274 g/mol. The van der Waals surface area contributed by atoms with Gasteiger partial charge in [-0.15, -0.1) is 0 Å². The van der Waals surface area contributed by atoms with Gasteiger partial charge in [0.2, 0.25) is 0 Å². The van der Waals surface area contributed by atoms with E-state index in [2.05, 4.69) is 42.2 Å². The third-order valence-electron chi connectivity index (χ3n) is 4.69. The minimum atomic E-state index is 0.196. The van der Waals surface area contributed by atoms with Crippen molar-refractivity contribution >= 4 is 0 Å². The molecule has 1 aromatic carbocycles. The van der Waals surface area contributed by atoms with Crippen LogP contribution in [0.3, 0.4) is 0 Å². The van der Waals surface area contributed by atoms with Crippen LogP contribution in [-0.2, 0) is 0 Å². The van der Waals surface area contributed by atoms with Crippen LogP contribution in [0.25, 0.3) is 0 Å². The van der Waals surface area contributed by atoms with Crippen LogP contribution in [0.5, 0.6) is 0 Å². The Morgan fingerprint density at radius 1 is 1.15 bits per heavy atom. The van der Waals surface area contributed by atoms with Crippen LogP contribution in [0.2, 0.25) is 0 Å². The van der Waals surface area contributed by atoms with Crippen LogP contribution in [0, 0.1) is 0 Å². The fraction of sp³-hybridized carbons (Fsp3) is 0.667. The van der Waals surface area contributed by atoms with Crippen molar-refractivity contribution in [2.75, 3.05) is 13.1 Å². The van der Waals surface area contributed by atoms with E-state index in [-0.39, 0.29) is 6.04 Å². The molecule has 1 saturated carbocycles. The lowest BCUT2D eigenvalue weighted by molar-refractivity contribution is 0.160. The molecular weight excluding hydrogens is 244 g/mol. The Balaban J connectivity index is 1.73. The largest absolute Gasteiger partial charge is 0.324 e. The third kappa shape index (κ3) is 4.60. The summed E-state index contributed by atoms with van der Waals surface area (Å²) in [6.45, 7) is 4.69. The summed E-state index contributed by atoms with van der Waals surface area (Å²) in [5.74, 6) is 0. The molecule has 1 aliphatic carbocycles. The molecule has 0 saturated heterocycles. The average Bonchev–Trinajstić information content (AvgIpc) is 2.53. The summed E-state index contributed by atoms with van der Waals surface area (Å²) in [4.78, 5) is 2.68. The molecule has 0 spiro atoms. The van der Waals surface area contributed by atoms with E-state index < -0.39 is 0 Å². The maximum atomic E-state index is 6.28. The number of benzene rings is 1. The molecule has 0 aliphatic heterocycles. The standard InChI is InChI=1S/C18H30N2/c1-2-20(17-12-7-4-8-13-17)15-9-14-18(19)16-10-5-3-6-11-16/h3,5-6,10-11,17-18H,2,4,7-9,12-15,19H2,1H3. The van der Waals surface area contributed by atoms with Crippen molar-refractivity contribution in [2.45, 2.75) is 64.0 Å². The van der Waals surface area contributed by atoms with Crippen LogP contribution >= 0.6 is 0 Å². The maximum Gasteiger partial charge on any atom is 0.0295 e. The Labute approximate surface area is 124 Å². The Morgan fingerprint density at radius 2 is 1.85 bits per heavy atom. The second-order valence-corrected chi connectivity index (χ2v) is 6.08. The van der Waals surface area contributed by atoms with Gasteiger partial charge in [0.1, 0.15) is 0 Å². The van der Waals surface area contributed by atoms with Crippen LogP contribution in [0.4, 0.5) is 0 Å². The van der Waals surface area contributed by atoms with Gasteiger partial charge in [-0.3, -0.25) is 0 Å². The number of hydrogen-bond donors (Lipinski definition) is 1. The molecule has 1 atom stereocenters. The second-order valence-electron chi connectivity index (χ2n) is 6.08. The summed E-state index contributed by atoms with van der Waals surface area (Å²) in [6, 6.07) is 11.5. The van der Waals surface area contributed by atoms with Crippen molar-refractivity contribution in [1.29, 1.82) is 0 Å². The molecule has 20 heavy (non-hydrogen) atoms. The number of nitrogens with two attached hydrogens (primary N) is 1. The number of hydrogen-bond acceptors (Lipinski definition) is 2. The maximum absolute atomic E-state index is 6.28. The lowest BCUT2D eigenvalue weighted by Crippen LogP contribution is -2.37. The molecule has 1 fully saturated rings. The van der Waals surface area contributed by atoms with E-state index in [1.54, 1.807) is 0 Å². The minimum absolute atomic E-state index is 0.196. The highest BCUT2D eigenvalue weighted by Gasteiger charge is 2.19. The fourth-order valence-corrected chi connectivity index (χ4v) is 3.43. The van der Waals surface area contributed by atoms with Crippen LogP contribution in [0.15, 0.2) is 30.3 Å². The topological polar surface area (TPSA) is 29.3 Å². The first-order chi connectivity index (χ1) is 9.81. The molecule has 0 aromatic heterocycles. The van der Waals surface area contributed by atoms with Crippen LogP contribution < -0.4 is 5.73 Å². The highest BCUT2D eigenvalue weighted by atomic mass is 15.1. The molecular formula is C18H30N2. The van der Waals surface area contributed by atoms with Crippen molar-refractivity contribution in [3.63, 3.8) is 0 Å². The van der Waals surface area contributed by atoms with Crippen molar-refractivity contribution in [1.82, 2.24) is 4.90 Å². The van der Waals surface area contributed by atoms with Gasteiger partial charge in [-0.2, -0.15) is 0 Å².